The Labute approximate surface area is 262 Å². The number of ether oxygens (including phenoxy) is 2. The number of hydrogen-bond donors (Lipinski definition) is 2. The van der Waals surface area contributed by atoms with Crippen LogP contribution < -0.4 is 5.32 Å². The number of alkyl halides is 3. The molecule has 7 nitrogen and oxygen atoms in total. The molecular formula is C35H42F3N2O5+. The van der Waals surface area contributed by atoms with Crippen LogP contribution in [0.4, 0.5) is 13.2 Å². The van der Waals surface area contributed by atoms with E-state index in [1.807, 2.05) is 6.08 Å². The predicted molar refractivity (Wildman–Crippen MR) is 162 cm³/mol. The van der Waals surface area contributed by atoms with E-state index in [0.717, 1.165) is 67.0 Å². The van der Waals surface area contributed by atoms with Crippen LogP contribution in [0.5, 0.6) is 0 Å². The normalized spacial score (nSPS) is 35.5. The Balaban J connectivity index is 1.46. The minimum atomic E-state index is -5.00. The summed E-state index contributed by atoms with van der Waals surface area (Å²) in [5.41, 5.74) is -2.59. The first-order valence-corrected chi connectivity index (χ1v) is 15.9. The zero-order chi connectivity index (χ0) is 32.4. The summed E-state index contributed by atoms with van der Waals surface area (Å²) in [4.78, 5) is 25.8. The van der Waals surface area contributed by atoms with Crippen molar-refractivity contribution in [3.05, 3.63) is 77.1 Å². The molecule has 2 N–H and O–H groups in total. The van der Waals surface area contributed by atoms with E-state index in [1.54, 1.807) is 18.2 Å². The van der Waals surface area contributed by atoms with Gasteiger partial charge in [0.1, 0.15) is 17.4 Å². The molecule has 242 valence electrons. The monoisotopic (exact) mass is 627 g/mol. The molecule has 45 heavy (non-hydrogen) atoms. The third-order valence-corrected chi connectivity index (χ3v) is 10.7. The molecule has 2 heterocycles. The number of carbonyl (C=O) groups is 2. The number of allylic oxidation sites excluding steroid dienone is 1. The molecule has 0 aromatic heterocycles. The van der Waals surface area contributed by atoms with Crippen LogP contribution in [0, 0.1) is 17.3 Å². The summed E-state index contributed by atoms with van der Waals surface area (Å²) in [6, 6.07) is 7.91. The average Bonchev–Trinajstić information content (AvgIpc) is 3.30. The van der Waals surface area contributed by atoms with Crippen molar-refractivity contribution in [3.63, 3.8) is 0 Å². The number of quaternary nitrogens is 1. The van der Waals surface area contributed by atoms with Crippen LogP contribution in [-0.2, 0) is 19.1 Å². The number of aliphatic hydroxyl groups is 1. The molecule has 6 rings (SSSR count). The molecule has 2 bridgehead atoms. The standard InChI is InChI=1S/C35H41F3N2O5/c1-5-15-40(20-21(2)3)16-14-33-25-12-9-13-29(33)45-31-30(33)24(18-27(25)40)28(44-22(4)41)19-34(31,43)39-32(42)26(35(36,37)38)17-23-10-7-6-8-11-23/h5-8,10-11,17,19,21,25,27,29,31,43H,1,9,12-16,18,20H2,2-4H3/p+1/t25-,27+,29-,31?,33+,34?,40?/m0/s1. The Morgan fingerprint density at radius 1 is 1.24 bits per heavy atom. The first kappa shape index (κ1) is 31.8. The Bertz CT molecular complexity index is 1480. The van der Waals surface area contributed by atoms with Gasteiger partial charge >= 0.3 is 12.1 Å². The SMILES string of the molecule is C=CC[N+]1(CC(C)C)CC[C@@]23C4=C5C[C@@H]1[C@@H]2CCC[C@@H]3OC4C(O)(NC(=O)C(=Cc1ccccc1)C(F)(F)F)C=C5OC(C)=O. The number of amides is 1. The number of esters is 1. The summed E-state index contributed by atoms with van der Waals surface area (Å²) in [6.45, 7) is 12.4. The molecule has 1 amide bonds. The number of carbonyl (C=O) groups excluding carboxylic acids is 2. The first-order valence-electron chi connectivity index (χ1n) is 15.9. The number of likely N-dealkylation sites (tertiary alicyclic amines) is 1. The van der Waals surface area contributed by atoms with Crippen molar-refractivity contribution in [1.82, 2.24) is 5.32 Å². The summed E-state index contributed by atoms with van der Waals surface area (Å²) in [5.74, 6) is -1.41. The highest BCUT2D eigenvalue weighted by atomic mass is 19.4. The second-order valence-electron chi connectivity index (χ2n) is 13.8. The van der Waals surface area contributed by atoms with Crippen molar-refractivity contribution < 1.29 is 41.8 Å². The van der Waals surface area contributed by atoms with E-state index >= 15 is 0 Å². The summed E-state index contributed by atoms with van der Waals surface area (Å²) in [6.07, 6.45) is 1.46. The van der Waals surface area contributed by atoms with E-state index in [2.05, 4.69) is 25.7 Å². The van der Waals surface area contributed by atoms with E-state index in [-0.39, 0.29) is 29.4 Å². The highest BCUT2D eigenvalue weighted by molar-refractivity contribution is 5.99. The third kappa shape index (κ3) is 5.19. The minimum Gasteiger partial charge on any atom is -0.427 e. The molecule has 1 saturated carbocycles. The largest absolute Gasteiger partial charge is 0.427 e. The zero-order valence-corrected chi connectivity index (χ0v) is 26.0. The predicted octanol–water partition coefficient (Wildman–Crippen LogP) is 5.58. The zero-order valence-electron chi connectivity index (χ0n) is 26.0. The lowest BCUT2D eigenvalue weighted by atomic mass is 9.49. The molecule has 2 aliphatic heterocycles. The lowest BCUT2D eigenvalue weighted by Gasteiger charge is -2.63. The van der Waals surface area contributed by atoms with Gasteiger partial charge in [-0.25, -0.2) is 0 Å². The summed E-state index contributed by atoms with van der Waals surface area (Å²) < 4.78 is 56.0. The van der Waals surface area contributed by atoms with Gasteiger partial charge in [-0.2, -0.15) is 13.2 Å². The number of nitrogens with zero attached hydrogens (tertiary/aromatic N) is 1. The van der Waals surface area contributed by atoms with Crippen LogP contribution in [-0.4, -0.2) is 71.3 Å². The smallest absolute Gasteiger partial charge is 0.421 e. The van der Waals surface area contributed by atoms with E-state index in [4.69, 9.17) is 9.47 Å². The Hall–Kier alpha value is -3.21. The minimum absolute atomic E-state index is 0.0814. The molecule has 1 spiro atoms. The fourth-order valence-electron chi connectivity index (χ4n) is 9.40. The second kappa shape index (κ2) is 11.2. The Morgan fingerprint density at radius 2 is 1.98 bits per heavy atom. The van der Waals surface area contributed by atoms with Gasteiger partial charge in [0.15, 0.2) is 5.72 Å². The molecule has 2 saturated heterocycles. The molecule has 3 aliphatic carbocycles. The quantitative estimate of drug-likeness (QED) is 0.129. The van der Waals surface area contributed by atoms with Gasteiger partial charge in [-0.15, -0.1) is 0 Å². The van der Waals surface area contributed by atoms with Crippen LogP contribution >= 0.6 is 0 Å². The van der Waals surface area contributed by atoms with Crippen LogP contribution in [0.2, 0.25) is 0 Å². The topological polar surface area (TPSA) is 84.9 Å². The number of halogens is 3. The fourth-order valence-corrected chi connectivity index (χ4v) is 9.40. The lowest BCUT2D eigenvalue weighted by molar-refractivity contribution is -0.960. The highest BCUT2D eigenvalue weighted by Crippen LogP contribution is 2.68. The van der Waals surface area contributed by atoms with Crippen molar-refractivity contribution in [3.8, 4) is 0 Å². The van der Waals surface area contributed by atoms with Gasteiger partial charge in [0.2, 0.25) is 0 Å². The molecule has 5 aliphatic rings. The molecule has 0 radical (unpaired) electrons. The lowest BCUT2D eigenvalue weighted by Crippen LogP contribution is -2.71. The highest BCUT2D eigenvalue weighted by Gasteiger charge is 2.72. The number of piperidine rings is 1. The van der Waals surface area contributed by atoms with Gasteiger partial charge in [-0.3, -0.25) is 9.59 Å². The van der Waals surface area contributed by atoms with Crippen molar-refractivity contribution in [2.24, 2.45) is 17.3 Å². The molecule has 3 unspecified atom stereocenters. The van der Waals surface area contributed by atoms with Crippen molar-refractivity contribution in [2.45, 2.75) is 83.0 Å². The maximum Gasteiger partial charge on any atom is 0.421 e. The van der Waals surface area contributed by atoms with E-state index in [0.29, 0.717) is 12.3 Å². The van der Waals surface area contributed by atoms with Crippen molar-refractivity contribution in [2.75, 3.05) is 19.6 Å². The maximum absolute atomic E-state index is 14.3. The Kier molecular flexibility index (Phi) is 7.93. The average molecular weight is 628 g/mol. The summed E-state index contributed by atoms with van der Waals surface area (Å²) >= 11 is 0. The van der Waals surface area contributed by atoms with Crippen molar-refractivity contribution in [1.29, 1.82) is 0 Å². The van der Waals surface area contributed by atoms with E-state index in [1.165, 1.54) is 25.1 Å². The number of hydrogen-bond acceptors (Lipinski definition) is 5. The number of rotatable bonds is 8. The molecule has 10 heteroatoms. The van der Waals surface area contributed by atoms with Crippen LogP contribution in [0.15, 0.2) is 71.5 Å². The molecule has 1 aromatic carbocycles. The van der Waals surface area contributed by atoms with Crippen LogP contribution in [0.3, 0.4) is 0 Å². The van der Waals surface area contributed by atoms with Gasteiger partial charge in [0.05, 0.1) is 31.8 Å². The molecule has 7 atom stereocenters. The van der Waals surface area contributed by atoms with Gasteiger partial charge in [0.25, 0.3) is 5.91 Å². The molecule has 1 aromatic rings. The van der Waals surface area contributed by atoms with Crippen LogP contribution in [0.1, 0.15) is 58.4 Å². The Morgan fingerprint density at radius 3 is 2.62 bits per heavy atom. The molecular weight excluding hydrogens is 585 g/mol. The summed E-state index contributed by atoms with van der Waals surface area (Å²) in [7, 11) is 0. The third-order valence-electron chi connectivity index (χ3n) is 10.7. The maximum atomic E-state index is 14.3. The summed E-state index contributed by atoms with van der Waals surface area (Å²) in [5, 5.41) is 14.5. The molecule has 3 fully saturated rings. The number of benzene rings is 1. The second-order valence-corrected chi connectivity index (χ2v) is 13.8. The first-order chi connectivity index (χ1) is 21.2. The van der Waals surface area contributed by atoms with Crippen LogP contribution in [0.25, 0.3) is 6.08 Å². The van der Waals surface area contributed by atoms with Gasteiger partial charge in [-0.1, -0.05) is 57.2 Å². The van der Waals surface area contributed by atoms with Gasteiger partial charge in [-0.05, 0) is 36.1 Å². The number of nitrogens with one attached hydrogen (secondary N) is 1. The fraction of sp³-hybridized carbons (Fsp3) is 0.543. The van der Waals surface area contributed by atoms with Crippen molar-refractivity contribution >= 4 is 18.0 Å². The van der Waals surface area contributed by atoms with E-state index < -0.39 is 40.9 Å². The van der Waals surface area contributed by atoms with Gasteiger partial charge in [0, 0.05) is 48.7 Å². The van der Waals surface area contributed by atoms with E-state index in [9.17, 15) is 27.9 Å². The van der Waals surface area contributed by atoms with Gasteiger partial charge < -0.3 is 24.4 Å².